The molecule has 1 aliphatic rings. The number of anilines is 1. The van der Waals surface area contributed by atoms with E-state index >= 15 is 0 Å². The molecule has 0 bridgehead atoms. The van der Waals surface area contributed by atoms with Crippen molar-refractivity contribution in [2.45, 2.75) is 38.6 Å². The van der Waals surface area contributed by atoms with Crippen LogP contribution in [0.25, 0.3) is 22.3 Å². The number of fused-ring (bicyclic) bond motifs is 1. The number of nitrogens with one attached hydrogen (secondary N) is 2. The van der Waals surface area contributed by atoms with Crippen molar-refractivity contribution < 1.29 is 4.79 Å². The monoisotopic (exact) mass is 362 g/mol. The van der Waals surface area contributed by atoms with Crippen molar-refractivity contribution in [1.82, 2.24) is 9.97 Å². The highest BCUT2D eigenvalue weighted by Crippen LogP contribution is 2.32. The van der Waals surface area contributed by atoms with Gasteiger partial charge in [-0.1, -0.05) is 30.3 Å². The fourth-order valence-corrected chi connectivity index (χ4v) is 4.05. The second-order valence-corrected chi connectivity index (χ2v) is 7.63. The number of carbonyl (C=O) groups excluding carboxylic acids is 1. The molecule has 5 nitrogen and oxygen atoms in total. The minimum Gasteiger partial charge on any atom is -0.339 e. The molecule has 4 N–H and O–H groups in total. The molecule has 0 saturated heterocycles. The van der Waals surface area contributed by atoms with Gasteiger partial charge in [-0.3, -0.25) is 4.79 Å². The molecule has 1 fully saturated rings. The number of nitrogens with zero attached hydrogens (tertiary/aromatic N) is 1. The van der Waals surface area contributed by atoms with Gasteiger partial charge in [0.1, 0.15) is 5.65 Å². The molecule has 2 heterocycles. The zero-order valence-electron chi connectivity index (χ0n) is 15.6. The van der Waals surface area contributed by atoms with Gasteiger partial charge in [0.05, 0.1) is 5.69 Å². The predicted molar refractivity (Wildman–Crippen MR) is 109 cm³/mol. The van der Waals surface area contributed by atoms with Crippen LogP contribution in [0.1, 0.15) is 32.6 Å². The van der Waals surface area contributed by atoms with Gasteiger partial charge in [-0.05, 0) is 56.2 Å². The van der Waals surface area contributed by atoms with E-state index in [1.807, 2.05) is 24.3 Å². The molecule has 2 aromatic heterocycles. The molecule has 0 aliphatic heterocycles. The summed E-state index contributed by atoms with van der Waals surface area (Å²) in [4.78, 5) is 20.6. The SMILES string of the molecule is C[C@H](N)[C@H]1CC[C@H](C(=O)Nc2ccnc3[nH]c(-c4ccccc4)cc23)CC1. The number of rotatable bonds is 4. The summed E-state index contributed by atoms with van der Waals surface area (Å²) in [7, 11) is 0. The first-order valence-electron chi connectivity index (χ1n) is 9.71. The van der Waals surface area contributed by atoms with E-state index in [0.717, 1.165) is 53.7 Å². The number of hydrogen-bond donors (Lipinski definition) is 3. The van der Waals surface area contributed by atoms with Gasteiger partial charge in [-0.2, -0.15) is 0 Å². The summed E-state index contributed by atoms with van der Waals surface area (Å²) in [6.45, 7) is 2.06. The maximum absolute atomic E-state index is 12.8. The van der Waals surface area contributed by atoms with Gasteiger partial charge in [-0.15, -0.1) is 0 Å². The quantitative estimate of drug-likeness (QED) is 0.646. The summed E-state index contributed by atoms with van der Waals surface area (Å²) in [6, 6.07) is 14.3. The van der Waals surface area contributed by atoms with Crippen molar-refractivity contribution >= 4 is 22.6 Å². The van der Waals surface area contributed by atoms with Crippen molar-refractivity contribution in [2.75, 3.05) is 5.32 Å². The number of pyridine rings is 1. The fourth-order valence-electron chi connectivity index (χ4n) is 4.05. The summed E-state index contributed by atoms with van der Waals surface area (Å²) in [5, 5.41) is 4.07. The second kappa shape index (κ2) is 7.53. The highest BCUT2D eigenvalue weighted by atomic mass is 16.1. The molecule has 3 aromatic rings. The van der Waals surface area contributed by atoms with E-state index in [2.05, 4.69) is 40.4 Å². The Labute approximate surface area is 159 Å². The molecule has 1 aliphatic carbocycles. The van der Waals surface area contributed by atoms with Crippen LogP contribution in [0.15, 0.2) is 48.7 Å². The summed E-state index contributed by atoms with van der Waals surface area (Å²) in [5.74, 6) is 0.712. The maximum Gasteiger partial charge on any atom is 0.227 e. The summed E-state index contributed by atoms with van der Waals surface area (Å²) >= 11 is 0. The second-order valence-electron chi connectivity index (χ2n) is 7.63. The third kappa shape index (κ3) is 3.74. The molecule has 4 rings (SSSR count). The first kappa shape index (κ1) is 17.7. The molecular weight excluding hydrogens is 336 g/mol. The highest BCUT2D eigenvalue weighted by Gasteiger charge is 2.28. The standard InChI is InChI=1S/C22H26N4O/c1-14(23)15-7-9-17(10-8-15)22(27)26-19-11-12-24-21-18(19)13-20(25-21)16-5-3-2-4-6-16/h2-6,11-15,17H,7-10,23H2,1H3,(H2,24,25,26,27)/t14-,15-,17-/m0/s1. The number of amides is 1. The normalized spacial score (nSPS) is 21.1. The van der Waals surface area contributed by atoms with Crippen LogP contribution in [0, 0.1) is 11.8 Å². The lowest BCUT2D eigenvalue weighted by Gasteiger charge is -2.30. The van der Waals surface area contributed by atoms with E-state index in [0.29, 0.717) is 5.92 Å². The molecule has 0 radical (unpaired) electrons. The van der Waals surface area contributed by atoms with Crippen molar-refractivity contribution in [1.29, 1.82) is 0 Å². The maximum atomic E-state index is 12.8. The number of aromatic amines is 1. The summed E-state index contributed by atoms with van der Waals surface area (Å²) < 4.78 is 0. The smallest absolute Gasteiger partial charge is 0.227 e. The third-order valence-electron chi connectivity index (χ3n) is 5.76. The van der Waals surface area contributed by atoms with Gasteiger partial charge < -0.3 is 16.0 Å². The Morgan fingerprint density at radius 2 is 1.93 bits per heavy atom. The van der Waals surface area contributed by atoms with E-state index in [1.165, 1.54) is 0 Å². The molecule has 5 heteroatoms. The topological polar surface area (TPSA) is 83.8 Å². The first-order valence-corrected chi connectivity index (χ1v) is 9.71. The van der Waals surface area contributed by atoms with Crippen LogP contribution in [0.3, 0.4) is 0 Å². The number of nitrogens with two attached hydrogens (primary N) is 1. The van der Waals surface area contributed by atoms with Crippen LogP contribution in [-0.2, 0) is 4.79 Å². The molecule has 140 valence electrons. The van der Waals surface area contributed by atoms with Crippen molar-refractivity contribution in [3.63, 3.8) is 0 Å². The van der Waals surface area contributed by atoms with Crippen LogP contribution >= 0.6 is 0 Å². The van der Waals surface area contributed by atoms with Crippen molar-refractivity contribution in [3.8, 4) is 11.3 Å². The highest BCUT2D eigenvalue weighted by molar-refractivity contribution is 6.02. The average Bonchev–Trinajstić information content (AvgIpc) is 3.14. The largest absolute Gasteiger partial charge is 0.339 e. The lowest BCUT2D eigenvalue weighted by molar-refractivity contribution is -0.121. The van der Waals surface area contributed by atoms with Gasteiger partial charge in [0.2, 0.25) is 5.91 Å². The van der Waals surface area contributed by atoms with Crippen LogP contribution < -0.4 is 11.1 Å². The molecule has 1 saturated carbocycles. The van der Waals surface area contributed by atoms with E-state index in [9.17, 15) is 4.79 Å². The lowest BCUT2D eigenvalue weighted by atomic mass is 9.79. The van der Waals surface area contributed by atoms with Gasteiger partial charge in [0, 0.05) is 29.2 Å². The van der Waals surface area contributed by atoms with E-state index in [-0.39, 0.29) is 17.9 Å². The van der Waals surface area contributed by atoms with Crippen LogP contribution in [0.2, 0.25) is 0 Å². The zero-order chi connectivity index (χ0) is 18.8. The molecule has 27 heavy (non-hydrogen) atoms. The Kier molecular flexibility index (Phi) is 4.94. The fraction of sp³-hybridized carbons (Fsp3) is 0.364. The van der Waals surface area contributed by atoms with E-state index in [1.54, 1.807) is 6.20 Å². The lowest BCUT2D eigenvalue weighted by Crippen LogP contribution is -2.33. The Morgan fingerprint density at radius 3 is 2.63 bits per heavy atom. The number of aromatic nitrogens is 2. The number of hydrogen-bond acceptors (Lipinski definition) is 3. The number of carbonyl (C=O) groups is 1. The predicted octanol–water partition coefficient (Wildman–Crippen LogP) is 4.32. The third-order valence-corrected chi connectivity index (χ3v) is 5.76. The minimum absolute atomic E-state index is 0.0655. The molecule has 0 spiro atoms. The first-order chi connectivity index (χ1) is 13.1. The van der Waals surface area contributed by atoms with E-state index in [4.69, 9.17) is 5.73 Å². The summed E-state index contributed by atoms with van der Waals surface area (Å²) in [6.07, 6.45) is 5.62. The Morgan fingerprint density at radius 1 is 1.19 bits per heavy atom. The van der Waals surface area contributed by atoms with Gasteiger partial charge >= 0.3 is 0 Å². The molecule has 1 amide bonds. The van der Waals surface area contributed by atoms with Crippen molar-refractivity contribution in [2.24, 2.45) is 17.6 Å². The molecule has 1 atom stereocenters. The van der Waals surface area contributed by atoms with Gasteiger partial charge in [-0.25, -0.2) is 4.98 Å². The average molecular weight is 362 g/mol. The number of benzene rings is 1. The summed E-state index contributed by atoms with van der Waals surface area (Å²) in [5.41, 5.74) is 9.71. The van der Waals surface area contributed by atoms with Gasteiger partial charge in [0.15, 0.2) is 0 Å². The minimum atomic E-state index is 0.0655. The van der Waals surface area contributed by atoms with Crippen LogP contribution in [0.5, 0.6) is 0 Å². The molecule has 0 unspecified atom stereocenters. The molecule has 1 aromatic carbocycles. The van der Waals surface area contributed by atoms with Crippen LogP contribution in [-0.4, -0.2) is 21.9 Å². The molecular formula is C22H26N4O. The van der Waals surface area contributed by atoms with Crippen LogP contribution in [0.4, 0.5) is 5.69 Å². The Balaban J connectivity index is 1.52. The van der Waals surface area contributed by atoms with Gasteiger partial charge in [0.25, 0.3) is 0 Å². The van der Waals surface area contributed by atoms with E-state index < -0.39 is 0 Å². The number of H-pyrrole nitrogens is 1. The van der Waals surface area contributed by atoms with Crippen molar-refractivity contribution in [3.05, 3.63) is 48.7 Å². The Bertz CT molecular complexity index is 924. The Hall–Kier alpha value is -2.66. The zero-order valence-corrected chi connectivity index (χ0v) is 15.6.